The van der Waals surface area contributed by atoms with Crippen LogP contribution in [0.3, 0.4) is 0 Å². The fraction of sp³-hybridized carbons (Fsp3) is 0.208. The molecule has 0 saturated carbocycles. The van der Waals surface area contributed by atoms with Crippen molar-refractivity contribution in [2.75, 3.05) is 0 Å². The number of nitrogens with zero attached hydrogens (tertiary/aromatic N) is 3. The zero-order chi connectivity index (χ0) is 50.2. The maximum atomic E-state index is 11.7. The number of rotatable bonds is 6. The summed E-state index contributed by atoms with van der Waals surface area (Å²) < 4.78 is 101. The van der Waals surface area contributed by atoms with Gasteiger partial charge in [-0.15, -0.1) is 0 Å². The van der Waals surface area contributed by atoms with Crippen molar-refractivity contribution < 1.29 is 21.6 Å². The zero-order valence-corrected chi connectivity index (χ0v) is 32.6. The minimum atomic E-state index is -3.38. The highest BCUT2D eigenvalue weighted by Gasteiger charge is 2.23. The molecule has 0 fully saturated rings. The molecule has 0 aliphatic carbocycles. The van der Waals surface area contributed by atoms with Crippen LogP contribution in [0.15, 0.2) is 140 Å². The van der Waals surface area contributed by atoms with Crippen LogP contribution in [0, 0.1) is 20.7 Å². The number of aromatic hydroxyl groups is 1. The predicted octanol–water partition coefficient (Wildman–Crippen LogP) is 14.0. The van der Waals surface area contributed by atoms with Gasteiger partial charge in [0.05, 0.1) is 22.3 Å². The average Bonchev–Trinajstić information content (AvgIpc) is 3.66. The van der Waals surface area contributed by atoms with Gasteiger partial charge in [-0.2, -0.15) is 0 Å². The molecule has 0 amide bonds. The van der Waals surface area contributed by atoms with Crippen LogP contribution in [0.4, 0.5) is 0 Å². The molecule has 1 N–H and O–H groups in total. The molecule has 2 aromatic heterocycles. The summed E-state index contributed by atoms with van der Waals surface area (Å²) in [5.41, 5.74) is 6.81. The number of imidazole rings is 1. The fourth-order valence-electron chi connectivity index (χ4n) is 7.49. The Morgan fingerprint density at radius 1 is 0.579 bits per heavy atom. The third kappa shape index (κ3) is 7.29. The van der Waals surface area contributed by atoms with Crippen molar-refractivity contribution in [2.24, 2.45) is 0 Å². The number of hydrogen-bond donors (Lipinski definition) is 1. The highest BCUT2D eigenvalue weighted by Crippen LogP contribution is 2.41. The first-order valence-corrected chi connectivity index (χ1v) is 18.9. The molecule has 0 radical (unpaired) electrons. The van der Waals surface area contributed by atoms with E-state index in [1.807, 2.05) is 103 Å². The Hall–Kier alpha value is -6.26. The molecule has 4 nitrogen and oxygen atoms in total. The first kappa shape index (κ1) is 25.8. The maximum Gasteiger partial charge on any atom is 0.149 e. The molecule has 0 unspecified atom stereocenters. The lowest BCUT2D eigenvalue weighted by molar-refractivity contribution is 0.472. The van der Waals surface area contributed by atoms with Crippen LogP contribution >= 0.6 is 0 Å². The number of aromatic nitrogens is 3. The lowest BCUT2D eigenvalue weighted by atomic mass is 9.83. The third-order valence-electron chi connectivity index (χ3n) is 10.5. The van der Waals surface area contributed by atoms with Crippen LogP contribution in [0.5, 0.6) is 5.75 Å². The fourth-order valence-corrected chi connectivity index (χ4v) is 7.49. The lowest BCUT2D eigenvalue weighted by Crippen LogP contribution is -2.11. The molecule has 2 heterocycles. The maximum absolute atomic E-state index is 11.7. The predicted molar refractivity (Wildman–Crippen MR) is 239 cm³/mol. The second kappa shape index (κ2) is 14.4. The summed E-state index contributed by atoms with van der Waals surface area (Å²) in [4.78, 5) is 10.1. The van der Waals surface area contributed by atoms with E-state index in [1.165, 1.54) is 24.3 Å². The molecule has 8 rings (SSSR count). The van der Waals surface area contributed by atoms with Crippen molar-refractivity contribution >= 4 is 11.0 Å². The molecule has 57 heavy (non-hydrogen) atoms. The van der Waals surface area contributed by atoms with Gasteiger partial charge >= 0.3 is 0 Å². The molecular formula is C53H51N3O. The second-order valence-electron chi connectivity index (χ2n) is 15.8. The molecule has 0 atom stereocenters. The van der Waals surface area contributed by atoms with Gasteiger partial charge < -0.3 is 5.11 Å². The Morgan fingerprint density at radius 3 is 2.09 bits per heavy atom. The van der Waals surface area contributed by atoms with Crippen molar-refractivity contribution in [3.05, 3.63) is 167 Å². The molecule has 284 valence electrons. The summed E-state index contributed by atoms with van der Waals surface area (Å²) >= 11 is 0. The van der Waals surface area contributed by atoms with Crippen molar-refractivity contribution in [3.8, 4) is 67.5 Å². The summed E-state index contributed by atoms with van der Waals surface area (Å²) in [6, 6.07) is 39.8. The molecule has 4 heteroatoms. The van der Waals surface area contributed by atoms with Crippen molar-refractivity contribution in [2.45, 2.75) is 72.9 Å². The van der Waals surface area contributed by atoms with Crippen LogP contribution in [-0.4, -0.2) is 19.6 Å². The molecule has 6 aromatic carbocycles. The van der Waals surface area contributed by atoms with Crippen LogP contribution in [-0.2, 0) is 10.8 Å². The van der Waals surface area contributed by atoms with Gasteiger partial charge in [0, 0.05) is 39.5 Å². The van der Waals surface area contributed by atoms with E-state index in [1.54, 1.807) is 18.3 Å². The number of phenols is 1. The monoisotopic (exact) mass is 757 g/mol. The molecule has 0 spiro atoms. The van der Waals surface area contributed by atoms with Gasteiger partial charge in [0.25, 0.3) is 0 Å². The Bertz CT molecular complexity index is 3190. The number of hydrogen-bond acceptors (Lipinski definition) is 3. The average molecular weight is 758 g/mol. The van der Waals surface area contributed by atoms with Gasteiger partial charge in [-0.25, -0.2) is 4.98 Å². The van der Waals surface area contributed by atoms with E-state index in [9.17, 15) is 5.11 Å². The summed E-state index contributed by atoms with van der Waals surface area (Å²) in [7, 11) is 0. The van der Waals surface area contributed by atoms with Crippen molar-refractivity contribution in [3.63, 3.8) is 0 Å². The molecular weight excluding hydrogens is 695 g/mol. The number of fused-ring (bicyclic) bond motifs is 1. The minimum Gasteiger partial charge on any atom is -0.507 e. The van der Waals surface area contributed by atoms with Gasteiger partial charge in [-0.3, -0.25) is 9.55 Å². The van der Waals surface area contributed by atoms with Gasteiger partial charge in [-0.1, -0.05) is 126 Å². The summed E-state index contributed by atoms with van der Waals surface area (Å²) in [6.45, 7) is -2.51. The number of aryl methyl sites for hydroxylation is 3. The molecule has 0 bridgehead atoms. The topological polar surface area (TPSA) is 50.9 Å². The van der Waals surface area contributed by atoms with Crippen LogP contribution in [0.2, 0.25) is 0 Å². The van der Waals surface area contributed by atoms with E-state index in [4.69, 9.17) is 26.4 Å². The van der Waals surface area contributed by atoms with E-state index in [-0.39, 0.29) is 22.3 Å². The van der Waals surface area contributed by atoms with Crippen LogP contribution in [0.1, 0.15) is 85.6 Å². The largest absolute Gasteiger partial charge is 0.507 e. The van der Waals surface area contributed by atoms with E-state index < -0.39 is 32.8 Å². The third-order valence-corrected chi connectivity index (χ3v) is 10.5. The van der Waals surface area contributed by atoms with Crippen LogP contribution in [0.25, 0.3) is 72.7 Å². The summed E-state index contributed by atoms with van der Waals surface area (Å²) in [6.07, 6.45) is 1.64. The molecule has 0 saturated heterocycles. The van der Waals surface area contributed by atoms with Gasteiger partial charge in [-0.05, 0) is 136 Å². The second-order valence-corrected chi connectivity index (χ2v) is 15.8. The summed E-state index contributed by atoms with van der Waals surface area (Å²) in [5, 5.41) is 11.7. The van der Waals surface area contributed by atoms with E-state index >= 15 is 0 Å². The number of pyridine rings is 1. The lowest BCUT2D eigenvalue weighted by Gasteiger charge is -2.22. The minimum absolute atomic E-state index is 0.0550. The van der Waals surface area contributed by atoms with E-state index in [2.05, 4.69) is 32.9 Å². The SMILES string of the molecule is [2H]C([2H])([2H])c1cc(-n2c(-c3cc(C)cc(C)c3O)nc3c(-c4cc(-c5cc(-c6ccc(C(C([2H])([2H])[2H])(C([2H])([2H])[2H])C([2H])([2H])[2H])cc6)ccn5)cc(C(C)(C)C)c4)cccc32)ccc1-c1ccccc1. The Balaban J connectivity index is 1.31. The van der Waals surface area contributed by atoms with Crippen LogP contribution < -0.4 is 0 Å². The van der Waals surface area contributed by atoms with Gasteiger partial charge in [0.2, 0.25) is 0 Å². The highest BCUT2D eigenvalue weighted by molar-refractivity contribution is 5.97. The molecule has 8 aromatic rings. The summed E-state index contributed by atoms with van der Waals surface area (Å²) in [5.74, 6) is 0.478. The normalized spacial score (nSPS) is 16.0. The first-order valence-electron chi connectivity index (χ1n) is 24.9. The van der Waals surface area contributed by atoms with Gasteiger partial charge in [0.15, 0.2) is 0 Å². The quantitative estimate of drug-likeness (QED) is 0.184. The van der Waals surface area contributed by atoms with Gasteiger partial charge in [0.1, 0.15) is 11.6 Å². The Morgan fingerprint density at radius 2 is 1.35 bits per heavy atom. The number of phenolic OH excluding ortho intramolecular Hbond substituents is 1. The number of para-hydroxylation sites is 1. The molecule has 0 aliphatic heterocycles. The Kier molecular flexibility index (Phi) is 6.50. The highest BCUT2D eigenvalue weighted by atomic mass is 16.3. The van der Waals surface area contributed by atoms with E-state index in [0.29, 0.717) is 56.1 Å². The van der Waals surface area contributed by atoms with E-state index in [0.717, 1.165) is 33.4 Å². The smallest absolute Gasteiger partial charge is 0.149 e. The van der Waals surface area contributed by atoms with Crippen molar-refractivity contribution in [1.29, 1.82) is 0 Å². The standard InChI is InChI=1S/C53H51N3O/c1-33-26-35(3)50(57)46(27-33)51-55-49-45(16-13-17-48(49)56(51)43-22-23-44(34(2)28-43)37-14-11-10-12-15-37)39-29-40(31-42(30-39)53(7,8)9)47-32-38(24-25-54-47)36-18-20-41(21-19-36)52(4,5)6/h10-32,57H,1-9H3/i2D3,4D3,5D3,6D3. The first-order chi connectivity index (χ1) is 32.1. The molecule has 0 aliphatic rings. The number of benzene rings is 6. The zero-order valence-electron chi connectivity index (χ0n) is 44.6. The van der Waals surface area contributed by atoms with Crippen molar-refractivity contribution in [1.82, 2.24) is 14.5 Å². The Labute approximate surface area is 354 Å².